The molecule has 2 N–H and O–H groups in total. The van der Waals surface area contributed by atoms with E-state index < -0.39 is 5.97 Å². The summed E-state index contributed by atoms with van der Waals surface area (Å²) in [7, 11) is 0. The van der Waals surface area contributed by atoms with Crippen LogP contribution < -0.4 is 0 Å². The van der Waals surface area contributed by atoms with Crippen LogP contribution in [0.4, 0.5) is 0 Å². The van der Waals surface area contributed by atoms with Crippen LogP contribution in [-0.2, 0) is 11.2 Å². The SMILES string of the molecule is O=C(O)CCCc1cn[nH]c1. The topological polar surface area (TPSA) is 66.0 Å². The second-order valence-electron chi connectivity index (χ2n) is 2.35. The number of aliphatic carboxylic acids is 1. The quantitative estimate of drug-likeness (QED) is 0.674. The first kappa shape index (κ1) is 7.78. The number of aryl methyl sites for hydroxylation is 1. The first-order chi connectivity index (χ1) is 5.29. The van der Waals surface area contributed by atoms with Crippen molar-refractivity contribution in [1.29, 1.82) is 0 Å². The number of carboxylic acids is 1. The third kappa shape index (κ3) is 2.84. The van der Waals surface area contributed by atoms with Crippen molar-refractivity contribution in [2.24, 2.45) is 0 Å². The van der Waals surface area contributed by atoms with Crippen LogP contribution in [0.5, 0.6) is 0 Å². The Hall–Kier alpha value is -1.32. The number of rotatable bonds is 4. The number of aromatic amines is 1. The number of H-pyrrole nitrogens is 1. The fourth-order valence-electron chi connectivity index (χ4n) is 0.858. The summed E-state index contributed by atoms with van der Waals surface area (Å²) in [6.45, 7) is 0. The number of nitrogens with one attached hydrogen (secondary N) is 1. The second kappa shape index (κ2) is 3.75. The molecule has 0 unspecified atom stereocenters. The molecule has 0 bridgehead atoms. The summed E-state index contributed by atoms with van der Waals surface area (Å²) in [6.07, 6.45) is 5.17. The molecule has 1 aromatic heterocycles. The van der Waals surface area contributed by atoms with E-state index in [-0.39, 0.29) is 6.42 Å². The molecule has 0 aliphatic carbocycles. The van der Waals surface area contributed by atoms with Crippen LogP contribution in [0.15, 0.2) is 12.4 Å². The molecule has 0 atom stereocenters. The van der Waals surface area contributed by atoms with Gasteiger partial charge in [0.15, 0.2) is 0 Å². The summed E-state index contributed by atoms with van der Waals surface area (Å²) in [5.41, 5.74) is 1.06. The van der Waals surface area contributed by atoms with Gasteiger partial charge in [0.2, 0.25) is 0 Å². The maximum absolute atomic E-state index is 10.1. The van der Waals surface area contributed by atoms with Crippen LogP contribution in [-0.4, -0.2) is 21.3 Å². The largest absolute Gasteiger partial charge is 0.481 e. The summed E-state index contributed by atoms with van der Waals surface area (Å²) < 4.78 is 0. The Morgan fingerprint density at radius 2 is 2.55 bits per heavy atom. The average Bonchev–Trinajstić information content (AvgIpc) is 2.39. The van der Waals surface area contributed by atoms with Crippen molar-refractivity contribution >= 4 is 5.97 Å². The zero-order valence-electron chi connectivity index (χ0n) is 6.08. The van der Waals surface area contributed by atoms with E-state index >= 15 is 0 Å². The van der Waals surface area contributed by atoms with Crippen LogP contribution in [0.25, 0.3) is 0 Å². The molecule has 0 saturated heterocycles. The summed E-state index contributed by atoms with van der Waals surface area (Å²) in [5, 5.41) is 14.7. The number of nitrogens with zero attached hydrogens (tertiary/aromatic N) is 1. The molecule has 0 saturated carbocycles. The molecule has 0 fully saturated rings. The van der Waals surface area contributed by atoms with Crippen molar-refractivity contribution in [3.05, 3.63) is 18.0 Å². The Labute approximate surface area is 64.2 Å². The Morgan fingerprint density at radius 1 is 1.73 bits per heavy atom. The van der Waals surface area contributed by atoms with Crippen LogP contribution in [0, 0.1) is 0 Å². The van der Waals surface area contributed by atoms with Crippen molar-refractivity contribution in [3.63, 3.8) is 0 Å². The van der Waals surface area contributed by atoms with E-state index in [9.17, 15) is 4.79 Å². The lowest BCUT2D eigenvalue weighted by Gasteiger charge is -1.92. The van der Waals surface area contributed by atoms with Gasteiger partial charge in [0.25, 0.3) is 0 Å². The molecule has 1 rings (SSSR count). The third-order valence-corrected chi connectivity index (χ3v) is 1.41. The molecule has 4 nitrogen and oxygen atoms in total. The van der Waals surface area contributed by atoms with Crippen molar-refractivity contribution in [1.82, 2.24) is 10.2 Å². The molecular formula is C7H10N2O2. The van der Waals surface area contributed by atoms with Gasteiger partial charge < -0.3 is 5.11 Å². The van der Waals surface area contributed by atoms with Crippen LogP contribution in [0.1, 0.15) is 18.4 Å². The van der Waals surface area contributed by atoms with Gasteiger partial charge in [-0.2, -0.15) is 5.10 Å². The molecule has 0 aromatic carbocycles. The lowest BCUT2D eigenvalue weighted by Crippen LogP contribution is -1.94. The maximum Gasteiger partial charge on any atom is 0.303 e. The Balaban J connectivity index is 2.19. The van der Waals surface area contributed by atoms with Gasteiger partial charge in [0, 0.05) is 12.6 Å². The third-order valence-electron chi connectivity index (χ3n) is 1.41. The molecule has 1 aromatic rings. The lowest BCUT2D eigenvalue weighted by molar-refractivity contribution is -0.137. The van der Waals surface area contributed by atoms with Gasteiger partial charge in [-0.15, -0.1) is 0 Å². The van der Waals surface area contributed by atoms with Crippen LogP contribution in [0.2, 0.25) is 0 Å². The fourth-order valence-corrected chi connectivity index (χ4v) is 0.858. The van der Waals surface area contributed by atoms with E-state index in [1.165, 1.54) is 0 Å². The highest BCUT2D eigenvalue weighted by Gasteiger charge is 1.97. The monoisotopic (exact) mass is 154 g/mol. The number of hydrogen-bond acceptors (Lipinski definition) is 2. The Bertz CT molecular complexity index is 218. The van der Waals surface area contributed by atoms with E-state index in [4.69, 9.17) is 5.11 Å². The predicted molar refractivity (Wildman–Crippen MR) is 39.2 cm³/mol. The Kier molecular flexibility index (Phi) is 2.66. The van der Waals surface area contributed by atoms with E-state index in [1.54, 1.807) is 12.4 Å². The summed E-state index contributed by atoms with van der Waals surface area (Å²) in [4.78, 5) is 10.1. The van der Waals surface area contributed by atoms with Gasteiger partial charge in [0.1, 0.15) is 0 Å². The maximum atomic E-state index is 10.1. The van der Waals surface area contributed by atoms with Gasteiger partial charge in [-0.1, -0.05) is 0 Å². The van der Waals surface area contributed by atoms with Crippen molar-refractivity contribution in [2.75, 3.05) is 0 Å². The minimum Gasteiger partial charge on any atom is -0.481 e. The van der Waals surface area contributed by atoms with E-state index in [0.717, 1.165) is 12.0 Å². The molecule has 1 heterocycles. The highest BCUT2D eigenvalue weighted by molar-refractivity contribution is 5.66. The predicted octanol–water partition coefficient (Wildman–Crippen LogP) is 0.817. The van der Waals surface area contributed by atoms with Crippen molar-refractivity contribution < 1.29 is 9.90 Å². The minimum atomic E-state index is -0.742. The molecule has 60 valence electrons. The van der Waals surface area contributed by atoms with E-state index in [1.807, 2.05) is 0 Å². The van der Waals surface area contributed by atoms with Gasteiger partial charge in [0.05, 0.1) is 6.20 Å². The number of carbonyl (C=O) groups is 1. The second-order valence-corrected chi connectivity index (χ2v) is 2.35. The number of carboxylic acid groups (broad SMARTS) is 1. The summed E-state index contributed by atoms with van der Waals surface area (Å²) in [6, 6.07) is 0. The molecule has 0 aliphatic heterocycles. The smallest absolute Gasteiger partial charge is 0.303 e. The highest BCUT2D eigenvalue weighted by atomic mass is 16.4. The van der Waals surface area contributed by atoms with Crippen molar-refractivity contribution in [3.8, 4) is 0 Å². The zero-order chi connectivity index (χ0) is 8.10. The van der Waals surface area contributed by atoms with Crippen LogP contribution in [0.3, 0.4) is 0 Å². The van der Waals surface area contributed by atoms with Gasteiger partial charge in [-0.25, -0.2) is 0 Å². The van der Waals surface area contributed by atoms with Gasteiger partial charge in [-0.3, -0.25) is 9.89 Å². The summed E-state index contributed by atoms with van der Waals surface area (Å²) in [5.74, 6) is -0.742. The highest BCUT2D eigenvalue weighted by Crippen LogP contribution is 2.01. The molecular weight excluding hydrogens is 144 g/mol. The number of hydrogen-bond donors (Lipinski definition) is 2. The van der Waals surface area contributed by atoms with E-state index in [0.29, 0.717) is 6.42 Å². The van der Waals surface area contributed by atoms with Crippen LogP contribution >= 0.6 is 0 Å². The molecule has 4 heteroatoms. The minimum absolute atomic E-state index is 0.227. The number of aromatic nitrogens is 2. The lowest BCUT2D eigenvalue weighted by atomic mass is 10.1. The molecule has 0 aliphatic rings. The van der Waals surface area contributed by atoms with E-state index in [2.05, 4.69) is 10.2 Å². The standard InChI is InChI=1S/C7H10N2O2/c10-7(11)3-1-2-6-4-8-9-5-6/h4-5H,1-3H2,(H,8,9)(H,10,11). The molecule has 0 radical (unpaired) electrons. The first-order valence-electron chi connectivity index (χ1n) is 3.48. The molecule has 0 spiro atoms. The normalized spacial score (nSPS) is 9.82. The zero-order valence-corrected chi connectivity index (χ0v) is 6.08. The Morgan fingerprint density at radius 3 is 3.09 bits per heavy atom. The molecule has 11 heavy (non-hydrogen) atoms. The van der Waals surface area contributed by atoms with Gasteiger partial charge >= 0.3 is 5.97 Å². The van der Waals surface area contributed by atoms with Crippen molar-refractivity contribution in [2.45, 2.75) is 19.3 Å². The average molecular weight is 154 g/mol. The fraction of sp³-hybridized carbons (Fsp3) is 0.429. The summed E-state index contributed by atoms with van der Waals surface area (Å²) >= 11 is 0. The molecule has 0 amide bonds. The van der Waals surface area contributed by atoms with Gasteiger partial charge in [-0.05, 0) is 18.4 Å². The first-order valence-corrected chi connectivity index (χ1v) is 3.48.